The summed E-state index contributed by atoms with van der Waals surface area (Å²) in [6, 6.07) is 5.22. The first-order chi connectivity index (χ1) is 10.8. The molecule has 1 unspecified atom stereocenters. The molecule has 8 heteroatoms. The lowest BCUT2D eigenvalue weighted by molar-refractivity contribution is 0.597. The van der Waals surface area contributed by atoms with Crippen molar-refractivity contribution in [3.05, 3.63) is 33.8 Å². The average molecular weight is 380 g/mol. The third kappa shape index (κ3) is 6.97. The van der Waals surface area contributed by atoms with E-state index in [1.807, 2.05) is 19.9 Å². The van der Waals surface area contributed by atoms with Gasteiger partial charge < -0.3 is 10.6 Å². The monoisotopic (exact) mass is 379 g/mol. The van der Waals surface area contributed by atoms with E-state index in [4.69, 9.17) is 23.2 Å². The van der Waals surface area contributed by atoms with Crippen molar-refractivity contribution >= 4 is 39.0 Å². The number of guanidine groups is 1. The molecule has 0 bridgehead atoms. The summed E-state index contributed by atoms with van der Waals surface area (Å²) >= 11 is 12.1. The molecule has 2 N–H and O–H groups in total. The van der Waals surface area contributed by atoms with E-state index in [0.717, 1.165) is 5.56 Å². The van der Waals surface area contributed by atoms with E-state index >= 15 is 0 Å². The van der Waals surface area contributed by atoms with Crippen LogP contribution in [0.4, 0.5) is 0 Å². The average Bonchev–Trinajstić information content (AvgIpc) is 2.47. The summed E-state index contributed by atoms with van der Waals surface area (Å²) in [4.78, 5) is 4.31. The van der Waals surface area contributed by atoms with Crippen LogP contribution in [-0.2, 0) is 9.84 Å². The Hall–Kier alpha value is -0.980. The molecule has 0 aromatic heterocycles. The maximum atomic E-state index is 11.5. The molecule has 0 aliphatic rings. The van der Waals surface area contributed by atoms with Crippen molar-refractivity contribution in [2.45, 2.75) is 26.8 Å². The van der Waals surface area contributed by atoms with E-state index in [1.165, 1.54) is 0 Å². The van der Waals surface area contributed by atoms with Crippen LogP contribution in [0.5, 0.6) is 0 Å². The standard InChI is InChI=1S/C15H23Cl2N3O2S/c1-4-18-15(19-8-9-23(21,22)5-2)20-11(3)13-7-6-12(16)10-14(13)17/h6-7,10-11H,4-5,8-9H2,1-3H3,(H2,18,19,20). The van der Waals surface area contributed by atoms with Gasteiger partial charge >= 0.3 is 0 Å². The number of benzene rings is 1. The van der Waals surface area contributed by atoms with Gasteiger partial charge in [0.1, 0.15) is 0 Å². The van der Waals surface area contributed by atoms with E-state index in [2.05, 4.69) is 15.6 Å². The first-order valence-electron chi connectivity index (χ1n) is 7.49. The highest BCUT2D eigenvalue weighted by atomic mass is 35.5. The van der Waals surface area contributed by atoms with Crippen LogP contribution in [0.3, 0.4) is 0 Å². The Labute approximate surface area is 148 Å². The van der Waals surface area contributed by atoms with Crippen LogP contribution in [0.1, 0.15) is 32.4 Å². The van der Waals surface area contributed by atoms with E-state index < -0.39 is 9.84 Å². The van der Waals surface area contributed by atoms with Gasteiger partial charge in [-0.2, -0.15) is 0 Å². The zero-order valence-electron chi connectivity index (χ0n) is 13.6. The molecule has 0 radical (unpaired) electrons. The number of sulfone groups is 1. The smallest absolute Gasteiger partial charge is 0.191 e. The molecular formula is C15H23Cl2N3O2S. The van der Waals surface area contributed by atoms with Gasteiger partial charge in [0.05, 0.1) is 18.3 Å². The molecule has 1 atom stereocenters. The molecule has 0 saturated heterocycles. The van der Waals surface area contributed by atoms with Crippen molar-refractivity contribution in [3.63, 3.8) is 0 Å². The largest absolute Gasteiger partial charge is 0.357 e. The molecule has 0 spiro atoms. The van der Waals surface area contributed by atoms with E-state index in [0.29, 0.717) is 22.5 Å². The van der Waals surface area contributed by atoms with E-state index in [-0.39, 0.29) is 24.1 Å². The molecule has 5 nitrogen and oxygen atoms in total. The summed E-state index contributed by atoms with van der Waals surface area (Å²) in [6.45, 7) is 6.41. The molecule has 1 aromatic carbocycles. The number of hydrogen-bond donors (Lipinski definition) is 2. The zero-order valence-corrected chi connectivity index (χ0v) is 15.9. The van der Waals surface area contributed by atoms with Crippen LogP contribution >= 0.6 is 23.2 Å². The summed E-state index contributed by atoms with van der Waals surface area (Å²) in [5.74, 6) is 0.719. The fraction of sp³-hybridized carbons (Fsp3) is 0.533. The van der Waals surface area contributed by atoms with Gasteiger partial charge in [-0.1, -0.05) is 36.2 Å². The van der Waals surface area contributed by atoms with Crippen molar-refractivity contribution in [3.8, 4) is 0 Å². The van der Waals surface area contributed by atoms with Gasteiger partial charge in [0, 0.05) is 22.3 Å². The highest BCUT2D eigenvalue weighted by molar-refractivity contribution is 7.91. The van der Waals surface area contributed by atoms with Crippen LogP contribution in [0.15, 0.2) is 23.2 Å². The minimum Gasteiger partial charge on any atom is -0.357 e. The maximum Gasteiger partial charge on any atom is 0.191 e. The Balaban J connectivity index is 2.78. The first kappa shape index (κ1) is 20.1. The second-order valence-electron chi connectivity index (χ2n) is 5.03. The van der Waals surface area contributed by atoms with Crippen molar-refractivity contribution in [1.82, 2.24) is 10.6 Å². The molecule has 0 aliphatic heterocycles. The Kier molecular flexibility index (Phi) is 8.16. The van der Waals surface area contributed by atoms with Crippen LogP contribution in [-0.4, -0.2) is 39.0 Å². The zero-order chi connectivity index (χ0) is 17.5. The number of aliphatic imine (C=N–C) groups is 1. The summed E-state index contributed by atoms with van der Waals surface area (Å²) in [5, 5.41) is 7.46. The molecule has 1 rings (SSSR count). The third-order valence-electron chi connectivity index (χ3n) is 3.24. The number of hydrogen-bond acceptors (Lipinski definition) is 3. The van der Waals surface area contributed by atoms with E-state index in [9.17, 15) is 8.42 Å². The molecule has 0 fully saturated rings. The van der Waals surface area contributed by atoms with E-state index in [1.54, 1.807) is 19.1 Å². The first-order valence-corrected chi connectivity index (χ1v) is 10.1. The Morgan fingerprint density at radius 2 is 2.00 bits per heavy atom. The van der Waals surface area contributed by atoms with Gasteiger partial charge in [-0.3, -0.25) is 4.99 Å². The molecular weight excluding hydrogens is 357 g/mol. The highest BCUT2D eigenvalue weighted by Crippen LogP contribution is 2.25. The van der Waals surface area contributed by atoms with Crippen LogP contribution < -0.4 is 10.6 Å². The fourth-order valence-electron chi connectivity index (χ4n) is 1.90. The SMILES string of the molecule is CCNC(=NCCS(=O)(=O)CC)NC(C)c1ccc(Cl)cc1Cl. The van der Waals surface area contributed by atoms with Crippen LogP contribution in [0, 0.1) is 0 Å². The summed E-state index contributed by atoms with van der Waals surface area (Å²) < 4.78 is 23.0. The Bertz CT molecular complexity index is 648. The molecule has 0 saturated carbocycles. The number of halogens is 2. The predicted molar refractivity (Wildman–Crippen MR) is 98.3 cm³/mol. The normalized spacial score (nSPS) is 13.7. The van der Waals surface area contributed by atoms with Crippen molar-refractivity contribution in [2.24, 2.45) is 4.99 Å². The lowest BCUT2D eigenvalue weighted by atomic mass is 10.1. The molecule has 23 heavy (non-hydrogen) atoms. The Morgan fingerprint density at radius 1 is 1.30 bits per heavy atom. The number of nitrogens with zero attached hydrogens (tertiary/aromatic N) is 1. The van der Waals surface area contributed by atoms with Gasteiger partial charge in [0.25, 0.3) is 0 Å². The summed E-state index contributed by atoms with van der Waals surface area (Å²) in [7, 11) is -3.02. The maximum absolute atomic E-state index is 11.5. The van der Waals surface area contributed by atoms with Gasteiger partial charge in [0.15, 0.2) is 15.8 Å². The van der Waals surface area contributed by atoms with Gasteiger partial charge in [0.2, 0.25) is 0 Å². The molecule has 0 aliphatic carbocycles. The number of nitrogens with one attached hydrogen (secondary N) is 2. The van der Waals surface area contributed by atoms with Crippen LogP contribution in [0.2, 0.25) is 10.0 Å². The molecule has 130 valence electrons. The second-order valence-corrected chi connectivity index (χ2v) is 8.35. The quantitative estimate of drug-likeness (QED) is 0.564. The highest BCUT2D eigenvalue weighted by Gasteiger charge is 2.12. The van der Waals surface area contributed by atoms with Crippen LogP contribution in [0.25, 0.3) is 0 Å². The van der Waals surface area contributed by atoms with Crippen molar-refractivity contribution < 1.29 is 8.42 Å². The summed E-state index contributed by atoms with van der Waals surface area (Å²) in [5.41, 5.74) is 0.892. The van der Waals surface area contributed by atoms with Gasteiger partial charge in [-0.25, -0.2) is 8.42 Å². The predicted octanol–water partition coefficient (Wildman–Crippen LogP) is 3.04. The Morgan fingerprint density at radius 3 is 2.57 bits per heavy atom. The molecule has 0 heterocycles. The van der Waals surface area contributed by atoms with Gasteiger partial charge in [-0.15, -0.1) is 0 Å². The van der Waals surface area contributed by atoms with Crippen molar-refractivity contribution in [2.75, 3.05) is 24.6 Å². The lowest BCUT2D eigenvalue weighted by Crippen LogP contribution is -2.39. The summed E-state index contributed by atoms with van der Waals surface area (Å²) in [6.07, 6.45) is 0. The minimum atomic E-state index is -3.02. The lowest BCUT2D eigenvalue weighted by Gasteiger charge is -2.19. The minimum absolute atomic E-state index is 0.0379. The fourth-order valence-corrected chi connectivity index (χ4v) is 3.13. The van der Waals surface area contributed by atoms with Gasteiger partial charge in [-0.05, 0) is 31.5 Å². The topological polar surface area (TPSA) is 70.6 Å². The van der Waals surface area contributed by atoms with Crippen molar-refractivity contribution in [1.29, 1.82) is 0 Å². The third-order valence-corrected chi connectivity index (χ3v) is 5.49. The molecule has 1 aromatic rings. The second kappa shape index (κ2) is 9.35. The molecule has 0 amide bonds. The number of rotatable bonds is 7.